The van der Waals surface area contributed by atoms with Gasteiger partial charge in [0.05, 0.1) is 20.0 Å². The molecule has 23 heavy (non-hydrogen) atoms. The maximum Gasteiger partial charge on any atom is 0.264 e. The molecular formula is C16H23NO5S. The zero-order chi connectivity index (χ0) is 16.9. The van der Waals surface area contributed by atoms with Gasteiger partial charge in [0.2, 0.25) is 0 Å². The Balaban J connectivity index is 1.82. The molecule has 0 saturated carbocycles. The van der Waals surface area contributed by atoms with Gasteiger partial charge in [0.25, 0.3) is 16.0 Å². The number of ether oxygens (including phenoxy) is 1. The first-order valence-corrected chi connectivity index (χ1v) is 9.48. The largest absolute Gasteiger partial charge is 0.497 e. The van der Waals surface area contributed by atoms with Crippen molar-refractivity contribution in [3.05, 3.63) is 29.8 Å². The van der Waals surface area contributed by atoms with Gasteiger partial charge in [0.1, 0.15) is 5.75 Å². The molecule has 1 aliphatic rings. The molecule has 1 fully saturated rings. The Morgan fingerprint density at radius 2 is 2.00 bits per heavy atom. The van der Waals surface area contributed by atoms with Gasteiger partial charge in [-0.15, -0.1) is 0 Å². The van der Waals surface area contributed by atoms with Gasteiger partial charge in [-0.25, -0.2) is 0 Å². The van der Waals surface area contributed by atoms with E-state index in [-0.39, 0.29) is 12.5 Å². The number of likely N-dealkylation sites (tertiary alicyclic amines) is 1. The predicted octanol–water partition coefficient (Wildman–Crippen LogP) is 1.91. The van der Waals surface area contributed by atoms with Crippen molar-refractivity contribution in [3.8, 4) is 5.75 Å². The van der Waals surface area contributed by atoms with E-state index in [4.69, 9.17) is 8.92 Å². The number of carbonyl (C=O) groups is 1. The molecule has 1 heterocycles. The second-order valence-electron chi connectivity index (χ2n) is 5.78. The molecule has 128 valence electrons. The normalized spacial score (nSPS) is 16.3. The third-order valence-corrected chi connectivity index (χ3v) is 4.64. The van der Waals surface area contributed by atoms with E-state index in [2.05, 4.69) is 0 Å². The third-order valence-electron chi connectivity index (χ3n) is 4.04. The highest BCUT2D eigenvalue weighted by molar-refractivity contribution is 7.85. The molecule has 1 amide bonds. The van der Waals surface area contributed by atoms with Crippen molar-refractivity contribution < 1.29 is 22.1 Å². The quantitative estimate of drug-likeness (QED) is 0.739. The highest BCUT2D eigenvalue weighted by atomic mass is 32.2. The lowest BCUT2D eigenvalue weighted by atomic mass is 9.93. The van der Waals surface area contributed by atoms with E-state index in [1.54, 1.807) is 25.3 Å². The third kappa shape index (κ3) is 5.51. The molecular weight excluding hydrogens is 318 g/mol. The number of hydrogen-bond acceptors (Lipinski definition) is 5. The van der Waals surface area contributed by atoms with Crippen LogP contribution >= 0.6 is 0 Å². The van der Waals surface area contributed by atoms with E-state index in [1.165, 1.54) is 0 Å². The van der Waals surface area contributed by atoms with Gasteiger partial charge in [-0.05, 0) is 43.4 Å². The van der Waals surface area contributed by atoms with Crippen molar-refractivity contribution in [3.63, 3.8) is 0 Å². The average molecular weight is 341 g/mol. The molecule has 0 N–H and O–H groups in total. The van der Waals surface area contributed by atoms with Gasteiger partial charge < -0.3 is 9.64 Å². The number of benzene rings is 1. The van der Waals surface area contributed by atoms with Crippen LogP contribution in [0.3, 0.4) is 0 Å². The summed E-state index contributed by atoms with van der Waals surface area (Å²) < 4.78 is 31.8. The smallest absolute Gasteiger partial charge is 0.264 e. The molecule has 6 nitrogen and oxygen atoms in total. The molecule has 0 aromatic heterocycles. The molecule has 1 saturated heterocycles. The topological polar surface area (TPSA) is 72.9 Å². The van der Waals surface area contributed by atoms with E-state index < -0.39 is 10.1 Å². The van der Waals surface area contributed by atoms with Gasteiger partial charge in [-0.1, -0.05) is 6.07 Å². The predicted molar refractivity (Wildman–Crippen MR) is 87.0 cm³/mol. The molecule has 0 aliphatic carbocycles. The lowest BCUT2D eigenvalue weighted by Gasteiger charge is -2.32. The highest BCUT2D eigenvalue weighted by Gasteiger charge is 2.24. The molecule has 1 aromatic carbocycles. The van der Waals surface area contributed by atoms with Crippen LogP contribution in [0.1, 0.15) is 29.6 Å². The molecule has 0 bridgehead atoms. The first-order valence-electron chi connectivity index (χ1n) is 7.67. The SMILES string of the molecule is COc1cccc(C(=O)N2CCC(CCOS(C)(=O)=O)CC2)c1. The van der Waals surface area contributed by atoms with E-state index in [0.717, 1.165) is 19.1 Å². The van der Waals surface area contributed by atoms with Crippen LogP contribution in [0, 0.1) is 5.92 Å². The molecule has 0 atom stereocenters. The lowest BCUT2D eigenvalue weighted by molar-refractivity contribution is 0.0680. The average Bonchev–Trinajstić information content (AvgIpc) is 2.54. The Labute approximate surface area is 137 Å². The number of rotatable bonds is 6. The van der Waals surface area contributed by atoms with Gasteiger partial charge in [0, 0.05) is 18.7 Å². The first-order chi connectivity index (χ1) is 10.9. The van der Waals surface area contributed by atoms with E-state index >= 15 is 0 Å². The first kappa shape index (κ1) is 17.7. The Morgan fingerprint density at radius 3 is 2.61 bits per heavy atom. The summed E-state index contributed by atoms with van der Waals surface area (Å²) in [7, 11) is -1.79. The summed E-state index contributed by atoms with van der Waals surface area (Å²) in [6, 6.07) is 7.15. The van der Waals surface area contributed by atoms with Crippen LogP contribution in [0.5, 0.6) is 5.75 Å². The van der Waals surface area contributed by atoms with Crippen LogP contribution in [-0.2, 0) is 14.3 Å². The Bertz CT molecular complexity index is 636. The van der Waals surface area contributed by atoms with Gasteiger partial charge in [-0.2, -0.15) is 8.42 Å². The number of carbonyl (C=O) groups excluding carboxylic acids is 1. The standard InChI is InChI=1S/C16H23NO5S/c1-21-15-5-3-4-14(12-15)16(18)17-9-6-13(7-10-17)8-11-22-23(2,19)20/h3-5,12-13H,6-11H2,1-2H3. The van der Waals surface area contributed by atoms with E-state index in [0.29, 0.717) is 36.7 Å². The number of amides is 1. The van der Waals surface area contributed by atoms with Crippen LogP contribution < -0.4 is 4.74 Å². The van der Waals surface area contributed by atoms with Crippen molar-refractivity contribution in [1.82, 2.24) is 4.90 Å². The highest BCUT2D eigenvalue weighted by Crippen LogP contribution is 2.23. The van der Waals surface area contributed by atoms with Crippen LogP contribution in [0.25, 0.3) is 0 Å². The van der Waals surface area contributed by atoms with E-state index in [1.807, 2.05) is 11.0 Å². The lowest BCUT2D eigenvalue weighted by Crippen LogP contribution is -2.38. The van der Waals surface area contributed by atoms with Crippen LogP contribution in [0.4, 0.5) is 0 Å². The van der Waals surface area contributed by atoms with Crippen LogP contribution in [0.15, 0.2) is 24.3 Å². The van der Waals surface area contributed by atoms with Gasteiger partial charge in [0.15, 0.2) is 0 Å². The number of hydrogen-bond donors (Lipinski definition) is 0. The molecule has 7 heteroatoms. The minimum atomic E-state index is -3.37. The van der Waals surface area contributed by atoms with Crippen LogP contribution in [0.2, 0.25) is 0 Å². The maximum absolute atomic E-state index is 12.5. The fraction of sp³-hybridized carbons (Fsp3) is 0.562. The second kappa shape index (κ2) is 7.79. The van der Waals surface area contributed by atoms with Crippen molar-refractivity contribution in [2.45, 2.75) is 19.3 Å². The maximum atomic E-state index is 12.5. The summed E-state index contributed by atoms with van der Waals surface area (Å²) >= 11 is 0. The zero-order valence-electron chi connectivity index (χ0n) is 13.5. The van der Waals surface area contributed by atoms with Crippen molar-refractivity contribution >= 4 is 16.0 Å². The van der Waals surface area contributed by atoms with Crippen molar-refractivity contribution in [2.75, 3.05) is 33.1 Å². The van der Waals surface area contributed by atoms with Gasteiger partial charge in [-0.3, -0.25) is 8.98 Å². The van der Waals surface area contributed by atoms with Crippen molar-refractivity contribution in [2.24, 2.45) is 5.92 Å². The van der Waals surface area contributed by atoms with Crippen LogP contribution in [-0.4, -0.2) is 52.3 Å². The fourth-order valence-electron chi connectivity index (χ4n) is 2.73. The number of nitrogens with zero attached hydrogens (tertiary/aromatic N) is 1. The molecule has 1 aromatic rings. The molecule has 0 spiro atoms. The zero-order valence-corrected chi connectivity index (χ0v) is 14.3. The summed E-state index contributed by atoms with van der Waals surface area (Å²) in [4.78, 5) is 14.3. The molecule has 0 unspecified atom stereocenters. The molecule has 2 rings (SSSR count). The van der Waals surface area contributed by atoms with Crippen molar-refractivity contribution in [1.29, 1.82) is 0 Å². The molecule has 1 aliphatic heterocycles. The number of piperidine rings is 1. The summed E-state index contributed by atoms with van der Waals surface area (Å²) in [5.74, 6) is 1.07. The van der Waals surface area contributed by atoms with E-state index in [9.17, 15) is 13.2 Å². The minimum Gasteiger partial charge on any atom is -0.497 e. The fourth-order valence-corrected chi connectivity index (χ4v) is 3.13. The summed E-state index contributed by atoms with van der Waals surface area (Å²) in [6.45, 7) is 1.58. The second-order valence-corrected chi connectivity index (χ2v) is 7.43. The Morgan fingerprint density at radius 1 is 1.30 bits per heavy atom. The minimum absolute atomic E-state index is 0.00901. The summed E-state index contributed by atoms with van der Waals surface area (Å²) in [6.07, 6.45) is 3.49. The summed E-state index contributed by atoms with van der Waals surface area (Å²) in [5.41, 5.74) is 0.628. The summed E-state index contributed by atoms with van der Waals surface area (Å²) in [5, 5.41) is 0. The Kier molecular flexibility index (Phi) is 6.01. The number of methoxy groups -OCH3 is 1. The monoisotopic (exact) mass is 341 g/mol. The molecule has 0 radical (unpaired) electrons. The van der Waals surface area contributed by atoms with Gasteiger partial charge >= 0.3 is 0 Å². The Hall–Kier alpha value is -1.60.